The first-order valence-corrected chi connectivity index (χ1v) is 8.77. The van der Waals surface area contributed by atoms with Gasteiger partial charge >= 0.3 is 0 Å². The number of allylic oxidation sites excluding steroid dienone is 2. The first kappa shape index (κ1) is 15.8. The fraction of sp³-hybridized carbons (Fsp3) is 0.304. The van der Waals surface area contributed by atoms with Crippen LogP contribution in [0.2, 0.25) is 0 Å². The van der Waals surface area contributed by atoms with Gasteiger partial charge in [-0.05, 0) is 60.3 Å². The van der Waals surface area contributed by atoms with Crippen molar-refractivity contribution in [1.82, 2.24) is 0 Å². The largest absolute Gasteiger partial charge is 0.0985 e. The lowest BCUT2D eigenvalue weighted by atomic mass is 9.97. The number of hydrogen-bond donors (Lipinski definition) is 0. The number of hydrogen-bond acceptors (Lipinski definition) is 0. The van der Waals surface area contributed by atoms with Gasteiger partial charge in [-0.3, -0.25) is 0 Å². The van der Waals surface area contributed by atoms with Gasteiger partial charge in [-0.25, -0.2) is 0 Å². The third-order valence-corrected chi connectivity index (χ3v) is 4.85. The summed E-state index contributed by atoms with van der Waals surface area (Å²) in [5, 5.41) is 0. The zero-order valence-electron chi connectivity index (χ0n) is 14.1. The van der Waals surface area contributed by atoms with Gasteiger partial charge in [0.2, 0.25) is 0 Å². The quantitative estimate of drug-likeness (QED) is 0.525. The lowest BCUT2D eigenvalue weighted by Crippen LogP contribution is -1.89. The van der Waals surface area contributed by atoms with E-state index in [0.29, 0.717) is 0 Å². The molecule has 1 fully saturated rings. The summed E-state index contributed by atoms with van der Waals surface area (Å²) < 4.78 is 0. The highest BCUT2D eigenvalue weighted by atomic mass is 14.3. The Morgan fingerprint density at radius 3 is 2.22 bits per heavy atom. The Hall–Kier alpha value is -2.08. The normalized spacial score (nSPS) is 22.2. The Morgan fingerprint density at radius 1 is 0.913 bits per heavy atom. The molecule has 0 radical (unpaired) electrons. The second-order valence-corrected chi connectivity index (χ2v) is 6.59. The molecule has 1 unspecified atom stereocenters. The number of rotatable bonds is 1. The first-order valence-electron chi connectivity index (χ1n) is 8.77. The molecule has 118 valence electrons. The van der Waals surface area contributed by atoms with Crippen LogP contribution in [0.25, 0.3) is 11.6 Å². The predicted octanol–water partition coefficient (Wildman–Crippen LogP) is 6.54. The summed E-state index contributed by atoms with van der Waals surface area (Å²) in [6.07, 6.45) is 8.52. The molecule has 0 aliphatic heterocycles. The van der Waals surface area contributed by atoms with Crippen LogP contribution in [-0.4, -0.2) is 0 Å². The summed E-state index contributed by atoms with van der Waals surface area (Å²) in [5.41, 5.74) is 7.75. The SMILES string of the molecule is C=Cc1ccccc1.CC1CC1=C1CCCCc2ccccc21. The van der Waals surface area contributed by atoms with Crippen LogP contribution < -0.4 is 0 Å². The molecule has 1 atom stereocenters. The molecule has 4 rings (SSSR count). The molecule has 2 aromatic rings. The van der Waals surface area contributed by atoms with Crippen LogP contribution in [-0.2, 0) is 6.42 Å². The van der Waals surface area contributed by atoms with Gasteiger partial charge in [0.25, 0.3) is 0 Å². The van der Waals surface area contributed by atoms with E-state index in [1.165, 1.54) is 37.7 Å². The molecule has 23 heavy (non-hydrogen) atoms. The van der Waals surface area contributed by atoms with E-state index < -0.39 is 0 Å². The van der Waals surface area contributed by atoms with Crippen molar-refractivity contribution in [1.29, 1.82) is 0 Å². The van der Waals surface area contributed by atoms with Gasteiger partial charge in [0.15, 0.2) is 0 Å². The summed E-state index contributed by atoms with van der Waals surface area (Å²) in [6, 6.07) is 19.0. The van der Waals surface area contributed by atoms with Crippen LogP contribution in [0.3, 0.4) is 0 Å². The molecular formula is C23H26. The van der Waals surface area contributed by atoms with Crippen LogP contribution in [0.5, 0.6) is 0 Å². The van der Waals surface area contributed by atoms with E-state index in [0.717, 1.165) is 5.92 Å². The standard InChI is InChI=1S/C15H18.C8H8/c1-11-10-15(11)14-9-5-3-7-12-6-2-4-8-13(12)14;1-2-8-6-4-3-5-7-8/h2,4,6,8,11H,3,5,7,9-10H2,1H3;2-7H,1H2. The van der Waals surface area contributed by atoms with Crippen molar-refractivity contribution in [3.05, 3.63) is 83.4 Å². The van der Waals surface area contributed by atoms with Crippen LogP contribution in [0, 0.1) is 5.92 Å². The van der Waals surface area contributed by atoms with Crippen LogP contribution in [0.4, 0.5) is 0 Å². The molecule has 0 N–H and O–H groups in total. The minimum absolute atomic E-state index is 0.867. The monoisotopic (exact) mass is 302 g/mol. The zero-order valence-corrected chi connectivity index (χ0v) is 14.1. The van der Waals surface area contributed by atoms with E-state index in [-0.39, 0.29) is 0 Å². The summed E-state index contributed by atoms with van der Waals surface area (Å²) in [4.78, 5) is 0. The van der Waals surface area contributed by atoms with Crippen molar-refractivity contribution in [2.75, 3.05) is 0 Å². The van der Waals surface area contributed by atoms with Crippen LogP contribution >= 0.6 is 0 Å². The molecule has 2 aromatic carbocycles. The third-order valence-electron chi connectivity index (χ3n) is 4.85. The van der Waals surface area contributed by atoms with Crippen LogP contribution in [0.1, 0.15) is 49.3 Å². The number of fused-ring (bicyclic) bond motifs is 1. The predicted molar refractivity (Wildman–Crippen MR) is 101 cm³/mol. The highest BCUT2D eigenvalue weighted by Gasteiger charge is 2.29. The lowest BCUT2D eigenvalue weighted by molar-refractivity contribution is 0.770. The molecule has 2 aliphatic carbocycles. The van der Waals surface area contributed by atoms with Crippen molar-refractivity contribution in [2.24, 2.45) is 5.92 Å². The van der Waals surface area contributed by atoms with Crippen molar-refractivity contribution in [2.45, 2.75) is 39.0 Å². The van der Waals surface area contributed by atoms with Gasteiger partial charge in [0, 0.05) is 0 Å². The van der Waals surface area contributed by atoms with E-state index >= 15 is 0 Å². The molecule has 0 bridgehead atoms. The van der Waals surface area contributed by atoms with Crippen molar-refractivity contribution in [3.8, 4) is 0 Å². The highest BCUT2D eigenvalue weighted by molar-refractivity contribution is 5.74. The summed E-state index contributed by atoms with van der Waals surface area (Å²) in [5.74, 6) is 0.867. The van der Waals surface area contributed by atoms with Crippen molar-refractivity contribution in [3.63, 3.8) is 0 Å². The Bertz CT molecular complexity index is 691. The maximum absolute atomic E-state index is 3.63. The minimum Gasteiger partial charge on any atom is -0.0985 e. The zero-order chi connectivity index (χ0) is 16.1. The summed E-state index contributed by atoms with van der Waals surface area (Å²) >= 11 is 0. The maximum Gasteiger partial charge on any atom is -0.0188 e. The van der Waals surface area contributed by atoms with Gasteiger partial charge in [-0.1, -0.05) is 79.7 Å². The fourth-order valence-corrected chi connectivity index (χ4v) is 3.40. The molecule has 0 heterocycles. The number of benzene rings is 2. The Labute approximate surface area is 140 Å². The van der Waals surface area contributed by atoms with Crippen molar-refractivity contribution >= 4 is 11.6 Å². The second kappa shape index (κ2) is 7.46. The number of aryl methyl sites for hydroxylation is 1. The van der Waals surface area contributed by atoms with Gasteiger partial charge in [0.05, 0.1) is 0 Å². The molecule has 0 saturated heterocycles. The smallest absolute Gasteiger partial charge is 0.0188 e. The van der Waals surface area contributed by atoms with Gasteiger partial charge in [-0.15, -0.1) is 0 Å². The average molecular weight is 302 g/mol. The van der Waals surface area contributed by atoms with E-state index in [9.17, 15) is 0 Å². The molecule has 0 aromatic heterocycles. The van der Waals surface area contributed by atoms with E-state index in [1.54, 1.807) is 22.3 Å². The molecule has 0 heteroatoms. The molecular weight excluding hydrogens is 276 g/mol. The Morgan fingerprint density at radius 2 is 1.57 bits per heavy atom. The van der Waals surface area contributed by atoms with Crippen LogP contribution in [0.15, 0.2) is 66.7 Å². The fourth-order valence-electron chi connectivity index (χ4n) is 3.40. The van der Waals surface area contributed by atoms with E-state index in [2.05, 4.69) is 37.8 Å². The topological polar surface area (TPSA) is 0 Å². The van der Waals surface area contributed by atoms with Gasteiger partial charge < -0.3 is 0 Å². The summed E-state index contributed by atoms with van der Waals surface area (Å²) in [7, 11) is 0. The molecule has 2 aliphatic rings. The molecule has 0 nitrogen and oxygen atoms in total. The van der Waals surface area contributed by atoms with Gasteiger partial charge in [0.1, 0.15) is 0 Å². The van der Waals surface area contributed by atoms with E-state index in [1.807, 2.05) is 36.4 Å². The Balaban J connectivity index is 0.000000166. The minimum atomic E-state index is 0.867. The third kappa shape index (κ3) is 4.01. The van der Waals surface area contributed by atoms with E-state index in [4.69, 9.17) is 0 Å². The second-order valence-electron chi connectivity index (χ2n) is 6.59. The first-order chi connectivity index (χ1) is 11.3. The summed E-state index contributed by atoms with van der Waals surface area (Å²) in [6.45, 7) is 5.99. The highest BCUT2D eigenvalue weighted by Crippen LogP contribution is 2.46. The maximum atomic E-state index is 3.63. The lowest BCUT2D eigenvalue weighted by Gasteiger charge is -2.08. The molecule has 1 saturated carbocycles. The Kier molecular flexibility index (Phi) is 5.12. The molecule has 0 amide bonds. The molecule has 0 spiro atoms. The average Bonchev–Trinajstić information content (AvgIpc) is 3.36. The van der Waals surface area contributed by atoms with Crippen molar-refractivity contribution < 1.29 is 0 Å². The van der Waals surface area contributed by atoms with Gasteiger partial charge in [-0.2, -0.15) is 0 Å².